The second-order valence-electron chi connectivity index (χ2n) is 5.18. The highest BCUT2D eigenvalue weighted by Gasteiger charge is 2.31. The van der Waals surface area contributed by atoms with Gasteiger partial charge in [-0.25, -0.2) is 10.4 Å². The Morgan fingerprint density at radius 2 is 2.14 bits per heavy atom. The van der Waals surface area contributed by atoms with E-state index in [1.807, 2.05) is 26.0 Å². The normalized spacial score (nSPS) is 15.7. The summed E-state index contributed by atoms with van der Waals surface area (Å²) in [5.41, 5.74) is 5.70. The van der Waals surface area contributed by atoms with Gasteiger partial charge in [-0.15, -0.1) is 0 Å². The Labute approximate surface area is 144 Å². The first-order valence-corrected chi connectivity index (χ1v) is 8.62. The Balaban J connectivity index is 2.45. The van der Waals surface area contributed by atoms with Crippen LogP contribution in [0.5, 0.6) is 0 Å². The molecular formula is C16H20ClIN2O. The van der Waals surface area contributed by atoms with Crippen LogP contribution in [0.4, 0.5) is 0 Å². The second kappa shape index (κ2) is 7.11. The van der Waals surface area contributed by atoms with Crippen molar-refractivity contribution in [2.75, 3.05) is 7.05 Å². The van der Waals surface area contributed by atoms with E-state index in [4.69, 9.17) is 11.6 Å². The zero-order valence-corrected chi connectivity index (χ0v) is 15.5. The number of hydrogen-bond donors (Lipinski definition) is 1. The molecule has 1 saturated carbocycles. The lowest BCUT2D eigenvalue weighted by atomic mass is 10.0. The van der Waals surface area contributed by atoms with Crippen molar-refractivity contribution in [1.29, 1.82) is 0 Å². The molecule has 0 heterocycles. The van der Waals surface area contributed by atoms with Crippen LogP contribution in [0.25, 0.3) is 0 Å². The molecule has 21 heavy (non-hydrogen) atoms. The molecule has 0 aliphatic heterocycles. The molecule has 1 N–H and O–H groups in total. The van der Waals surface area contributed by atoms with Crippen LogP contribution < -0.4 is 5.43 Å². The minimum Gasteiger partial charge on any atom is -0.267 e. The fraction of sp³-hybridized carbons (Fsp3) is 0.438. The molecule has 1 aliphatic carbocycles. The third kappa shape index (κ3) is 3.60. The van der Waals surface area contributed by atoms with E-state index in [0.29, 0.717) is 16.5 Å². The van der Waals surface area contributed by atoms with Gasteiger partial charge in [0.15, 0.2) is 0 Å². The third-order valence-corrected chi connectivity index (χ3v) is 4.64. The van der Waals surface area contributed by atoms with Gasteiger partial charge in [-0.2, -0.15) is 0 Å². The summed E-state index contributed by atoms with van der Waals surface area (Å²) in [6, 6.07) is 5.74. The highest BCUT2D eigenvalue weighted by Crippen LogP contribution is 2.43. The minimum atomic E-state index is -0.0714. The molecule has 114 valence electrons. The Morgan fingerprint density at radius 1 is 1.48 bits per heavy atom. The summed E-state index contributed by atoms with van der Waals surface area (Å²) in [5, 5.41) is 2.15. The topological polar surface area (TPSA) is 32.3 Å². The average molecular weight is 419 g/mol. The van der Waals surface area contributed by atoms with Gasteiger partial charge in [-0.1, -0.05) is 30.7 Å². The molecule has 1 aromatic carbocycles. The maximum Gasteiger partial charge on any atom is 0.274 e. The molecule has 0 atom stereocenters. The Morgan fingerprint density at radius 3 is 2.62 bits per heavy atom. The van der Waals surface area contributed by atoms with Crippen LogP contribution in [0, 0.1) is 0 Å². The zero-order valence-electron chi connectivity index (χ0n) is 12.5. The SMILES string of the molecule is CC/C(=C(\C)I)N(NC)C(=O)c1c(Cl)cccc1C1CC1. The molecule has 0 saturated heterocycles. The van der Waals surface area contributed by atoms with Gasteiger partial charge in [-0.05, 0) is 66.3 Å². The van der Waals surface area contributed by atoms with E-state index in [1.54, 1.807) is 18.1 Å². The van der Waals surface area contributed by atoms with E-state index in [9.17, 15) is 4.79 Å². The molecule has 1 aromatic rings. The average Bonchev–Trinajstić information content (AvgIpc) is 3.27. The minimum absolute atomic E-state index is 0.0714. The smallest absolute Gasteiger partial charge is 0.267 e. The summed E-state index contributed by atoms with van der Waals surface area (Å²) in [6.45, 7) is 4.05. The van der Waals surface area contributed by atoms with E-state index in [-0.39, 0.29) is 5.91 Å². The third-order valence-electron chi connectivity index (χ3n) is 3.71. The standard InChI is InChI=1S/C16H20ClIN2O/c1-4-14(10(2)18)20(19-3)16(21)15-12(11-8-9-11)6-5-7-13(15)17/h5-7,11,19H,4,8-9H2,1-3H3/b14-10-. The number of hydrazine groups is 1. The summed E-state index contributed by atoms with van der Waals surface area (Å²) in [5.74, 6) is 0.411. The summed E-state index contributed by atoms with van der Waals surface area (Å²) < 4.78 is 1.10. The number of halogens is 2. The van der Waals surface area contributed by atoms with E-state index in [1.165, 1.54) is 0 Å². The lowest BCUT2D eigenvalue weighted by Gasteiger charge is -2.26. The van der Waals surface area contributed by atoms with Crippen LogP contribution in [-0.4, -0.2) is 18.0 Å². The number of allylic oxidation sites excluding steroid dienone is 2. The monoisotopic (exact) mass is 418 g/mol. The van der Waals surface area contributed by atoms with Crippen molar-refractivity contribution in [3.63, 3.8) is 0 Å². The Kier molecular flexibility index (Phi) is 5.68. The van der Waals surface area contributed by atoms with E-state index in [2.05, 4.69) is 28.0 Å². The predicted octanol–water partition coefficient (Wildman–Crippen LogP) is 4.87. The number of rotatable bonds is 5. The Hall–Kier alpha value is -0.590. The van der Waals surface area contributed by atoms with Crippen molar-refractivity contribution in [3.05, 3.63) is 43.6 Å². The summed E-state index contributed by atoms with van der Waals surface area (Å²) in [6.07, 6.45) is 3.06. The van der Waals surface area contributed by atoms with Gasteiger partial charge in [0.2, 0.25) is 0 Å². The molecule has 0 aromatic heterocycles. The lowest BCUT2D eigenvalue weighted by Crippen LogP contribution is -2.40. The molecule has 1 aliphatic rings. The van der Waals surface area contributed by atoms with Gasteiger partial charge in [0.1, 0.15) is 0 Å². The van der Waals surface area contributed by atoms with Crippen LogP contribution in [-0.2, 0) is 0 Å². The molecule has 0 radical (unpaired) electrons. The number of amides is 1. The van der Waals surface area contributed by atoms with Gasteiger partial charge in [0.05, 0.1) is 10.6 Å². The van der Waals surface area contributed by atoms with Gasteiger partial charge < -0.3 is 0 Å². The van der Waals surface area contributed by atoms with Crippen molar-refractivity contribution in [2.24, 2.45) is 0 Å². The highest BCUT2D eigenvalue weighted by atomic mass is 127. The number of carbonyl (C=O) groups excluding carboxylic acids is 1. The van der Waals surface area contributed by atoms with Crippen molar-refractivity contribution in [1.82, 2.24) is 10.4 Å². The van der Waals surface area contributed by atoms with Gasteiger partial charge in [-0.3, -0.25) is 4.79 Å². The van der Waals surface area contributed by atoms with Crippen molar-refractivity contribution < 1.29 is 4.79 Å². The summed E-state index contributed by atoms with van der Waals surface area (Å²) in [7, 11) is 1.76. The molecule has 5 heteroatoms. The van der Waals surface area contributed by atoms with Crippen LogP contribution in [0.3, 0.4) is 0 Å². The number of nitrogens with one attached hydrogen (secondary N) is 1. The zero-order chi connectivity index (χ0) is 15.6. The molecule has 1 fully saturated rings. The molecule has 1 amide bonds. The first kappa shape index (κ1) is 16.8. The Bertz CT molecular complexity index is 578. The number of benzene rings is 1. The van der Waals surface area contributed by atoms with Crippen LogP contribution in [0.15, 0.2) is 27.5 Å². The quantitative estimate of drug-likeness (QED) is 0.546. The van der Waals surface area contributed by atoms with Crippen LogP contribution in [0.1, 0.15) is 54.9 Å². The first-order chi connectivity index (χ1) is 10.0. The predicted molar refractivity (Wildman–Crippen MR) is 95.7 cm³/mol. The van der Waals surface area contributed by atoms with Crippen molar-refractivity contribution in [3.8, 4) is 0 Å². The maximum atomic E-state index is 13.0. The first-order valence-electron chi connectivity index (χ1n) is 7.16. The van der Waals surface area contributed by atoms with E-state index < -0.39 is 0 Å². The van der Waals surface area contributed by atoms with Crippen LogP contribution in [0.2, 0.25) is 5.02 Å². The summed E-state index contributed by atoms with van der Waals surface area (Å²) in [4.78, 5) is 13.0. The fourth-order valence-electron chi connectivity index (χ4n) is 2.53. The molecule has 3 nitrogen and oxygen atoms in total. The number of hydrogen-bond acceptors (Lipinski definition) is 2. The number of nitrogens with zero attached hydrogens (tertiary/aromatic N) is 1. The van der Waals surface area contributed by atoms with Crippen molar-refractivity contribution in [2.45, 2.75) is 39.0 Å². The van der Waals surface area contributed by atoms with Gasteiger partial charge >= 0.3 is 0 Å². The molecule has 2 rings (SSSR count). The molecular weight excluding hydrogens is 399 g/mol. The summed E-state index contributed by atoms with van der Waals surface area (Å²) >= 11 is 8.58. The highest BCUT2D eigenvalue weighted by molar-refractivity contribution is 14.1. The van der Waals surface area contributed by atoms with Gasteiger partial charge in [0.25, 0.3) is 5.91 Å². The van der Waals surface area contributed by atoms with Crippen molar-refractivity contribution >= 4 is 40.1 Å². The maximum absolute atomic E-state index is 13.0. The van der Waals surface area contributed by atoms with Crippen LogP contribution >= 0.6 is 34.2 Å². The lowest BCUT2D eigenvalue weighted by molar-refractivity contribution is 0.0742. The fourth-order valence-corrected chi connectivity index (χ4v) is 3.41. The molecule has 0 bridgehead atoms. The number of carbonyl (C=O) groups is 1. The largest absolute Gasteiger partial charge is 0.274 e. The van der Waals surface area contributed by atoms with E-state index >= 15 is 0 Å². The van der Waals surface area contributed by atoms with Gasteiger partial charge in [0, 0.05) is 16.3 Å². The molecule has 0 unspecified atom stereocenters. The second-order valence-corrected chi connectivity index (χ2v) is 7.20. The van der Waals surface area contributed by atoms with E-state index in [0.717, 1.165) is 34.1 Å². The molecule has 0 spiro atoms.